The molecule has 0 saturated heterocycles. The smallest absolute Gasteiger partial charge is 0.344 e. The number of nitrogens with one attached hydrogen (secondary N) is 2. The number of hydrogen-bond acceptors (Lipinski definition) is 5. The number of benzene rings is 1. The number of carbonyl (C=O) groups excluding carboxylic acids is 1. The summed E-state index contributed by atoms with van der Waals surface area (Å²) in [6.45, 7) is 4.58. The first-order valence-corrected chi connectivity index (χ1v) is 8.81. The molecule has 0 amide bonds. The van der Waals surface area contributed by atoms with E-state index in [0.717, 1.165) is 12.1 Å². The maximum absolute atomic E-state index is 11.3. The molecule has 6 nitrogen and oxygen atoms in total. The number of carbonyl (C=O) groups is 1. The van der Waals surface area contributed by atoms with Gasteiger partial charge < -0.3 is 14.8 Å². The minimum atomic E-state index is -0.418. The molecule has 23 heavy (non-hydrogen) atoms. The summed E-state index contributed by atoms with van der Waals surface area (Å²) in [7, 11) is 0. The summed E-state index contributed by atoms with van der Waals surface area (Å²) in [4.78, 5) is 11.3. The molecule has 0 aliphatic rings. The molecule has 126 valence electrons. The van der Waals surface area contributed by atoms with E-state index in [4.69, 9.17) is 21.7 Å². The topological polar surface area (TPSA) is 72.0 Å². The highest BCUT2D eigenvalue weighted by Crippen LogP contribution is 2.34. The highest BCUT2D eigenvalue weighted by molar-refractivity contribution is 9.11. The Kier molecular flexibility index (Phi) is 9.12. The van der Waals surface area contributed by atoms with Crippen LogP contribution in [0.15, 0.2) is 26.2 Å². The first kappa shape index (κ1) is 19.9. The van der Waals surface area contributed by atoms with Gasteiger partial charge in [0.2, 0.25) is 0 Å². The van der Waals surface area contributed by atoms with Gasteiger partial charge in [-0.2, -0.15) is 5.10 Å². The molecule has 1 rings (SSSR count). The van der Waals surface area contributed by atoms with Crippen molar-refractivity contribution >= 4 is 61.4 Å². The van der Waals surface area contributed by atoms with Crippen LogP contribution in [-0.2, 0) is 9.53 Å². The maximum Gasteiger partial charge on any atom is 0.344 e. The number of rotatable bonds is 7. The van der Waals surface area contributed by atoms with Gasteiger partial charge in [0.15, 0.2) is 11.7 Å². The molecule has 0 bridgehead atoms. The van der Waals surface area contributed by atoms with Gasteiger partial charge >= 0.3 is 5.97 Å². The lowest BCUT2D eigenvalue weighted by molar-refractivity contribution is -0.145. The van der Waals surface area contributed by atoms with Crippen LogP contribution in [0.4, 0.5) is 0 Å². The van der Waals surface area contributed by atoms with E-state index < -0.39 is 5.97 Å². The molecule has 2 N–H and O–H groups in total. The summed E-state index contributed by atoms with van der Waals surface area (Å²) in [6, 6.07) is 3.62. The van der Waals surface area contributed by atoms with Gasteiger partial charge in [-0.05, 0) is 75.6 Å². The van der Waals surface area contributed by atoms with Crippen LogP contribution in [0.1, 0.15) is 19.4 Å². The number of hydrogen-bond donors (Lipinski definition) is 2. The molecule has 0 atom stereocenters. The highest BCUT2D eigenvalue weighted by Gasteiger charge is 2.11. The fourth-order valence-corrected chi connectivity index (χ4v) is 3.14. The molecule has 9 heteroatoms. The van der Waals surface area contributed by atoms with Gasteiger partial charge in [0.05, 0.1) is 21.8 Å². The Morgan fingerprint density at radius 3 is 2.57 bits per heavy atom. The van der Waals surface area contributed by atoms with E-state index in [1.165, 1.54) is 0 Å². The predicted octanol–water partition coefficient (Wildman–Crippen LogP) is 2.97. The van der Waals surface area contributed by atoms with Crippen molar-refractivity contribution in [3.8, 4) is 5.75 Å². The Labute approximate surface area is 157 Å². The zero-order valence-corrected chi connectivity index (χ0v) is 16.7. The van der Waals surface area contributed by atoms with E-state index in [1.54, 1.807) is 13.1 Å². The van der Waals surface area contributed by atoms with E-state index in [2.05, 4.69) is 47.7 Å². The van der Waals surface area contributed by atoms with Crippen LogP contribution in [0.25, 0.3) is 0 Å². The van der Waals surface area contributed by atoms with Crippen LogP contribution in [0.5, 0.6) is 5.75 Å². The molecule has 0 radical (unpaired) electrons. The molecule has 0 spiro atoms. The van der Waals surface area contributed by atoms with Crippen LogP contribution in [-0.4, -0.2) is 37.1 Å². The predicted molar refractivity (Wildman–Crippen MR) is 101 cm³/mol. The summed E-state index contributed by atoms with van der Waals surface area (Å²) >= 11 is 11.8. The molecular weight excluding hydrogens is 450 g/mol. The standard InChI is InChI=1S/C14H17Br2N3O3S/c1-3-17-14(23)19-18-7-9-5-10(15)13(11(16)6-9)22-8-12(20)21-4-2/h5-7H,3-4,8H2,1-2H3,(H2,17,19,23)/b18-7-. The van der Waals surface area contributed by atoms with Gasteiger partial charge in [0.25, 0.3) is 0 Å². The largest absolute Gasteiger partial charge is 0.480 e. The van der Waals surface area contributed by atoms with Crippen molar-refractivity contribution in [3.63, 3.8) is 0 Å². The third-order valence-corrected chi connectivity index (χ3v) is 3.79. The SMILES string of the molecule is CCNC(=S)N/N=C\c1cc(Br)c(OCC(=O)OCC)c(Br)c1. The summed E-state index contributed by atoms with van der Waals surface area (Å²) in [5.41, 5.74) is 3.52. The molecule has 0 fully saturated rings. The number of hydrazone groups is 1. The first-order chi connectivity index (χ1) is 11.0. The van der Waals surface area contributed by atoms with Crippen LogP contribution in [0.3, 0.4) is 0 Å². The quantitative estimate of drug-likeness (QED) is 0.278. The van der Waals surface area contributed by atoms with Gasteiger partial charge in [-0.25, -0.2) is 4.79 Å². The fourth-order valence-electron chi connectivity index (χ4n) is 1.49. The molecule has 0 aromatic heterocycles. The van der Waals surface area contributed by atoms with Crippen LogP contribution in [0.2, 0.25) is 0 Å². The van der Waals surface area contributed by atoms with Crippen molar-refractivity contribution in [1.29, 1.82) is 0 Å². The van der Waals surface area contributed by atoms with Crippen molar-refractivity contribution in [2.45, 2.75) is 13.8 Å². The van der Waals surface area contributed by atoms with Gasteiger partial charge in [0, 0.05) is 6.54 Å². The van der Waals surface area contributed by atoms with Gasteiger partial charge in [-0.15, -0.1) is 0 Å². The number of nitrogens with zero attached hydrogens (tertiary/aromatic N) is 1. The van der Waals surface area contributed by atoms with E-state index in [-0.39, 0.29) is 6.61 Å². The van der Waals surface area contributed by atoms with Crippen molar-refractivity contribution in [2.24, 2.45) is 5.10 Å². The zero-order chi connectivity index (χ0) is 17.2. The number of halogens is 2. The van der Waals surface area contributed by atoms with Crippen LogP contribution < -0.4 is 15.5 Å². The van der Waals surface area contributed by atoms with Crippen molar-refractivity contribution < 1.29 is 14.3 Å². The lowest BCUT2D eigenvalue weighted by atomic mass is 10.2. The molecule has 0 unspecified atom stereocenters. The van der Waals surface area contributed by atoms with E-state index in [1.807, 2.05) is 19.1 Å². The van der Waals surface area contributed by atoms with E-state index in [9.17, 15) is 4.79 Å². The monoisotopic (exact) mass is 465 g/mol. The number of thiocarbonyl (C=S) groups is 1. The third kappa shape index (κ3) is 7.28. The summed E-state index contributed by atoms with van der Waals surface area (Å²) in [5.74, 6) is 0.101. The normalized spacial score (nSPS) is 10.4. The van der Waals surface area contributed by atoms with Gasteiger partial charge in [0.1, 0.15) is 5.75 Å². The third-order valence-electron chi connectivity index (χ3n) is 2.38. The number of ether oxygens (including phenoxy) is 2. The molecule has 0 aliphatic heterocycles. The van der Waals surface area contributed by atoms with Gasteiger partial charge in [-0.3, -0.25) is 5.43 Å². The van der Waals surface area contributed by atoms with Crippen molar-refractivity contribution in [3.05, 3.63) is 26.6 Å². The minimum Gasteiger partial charge on any atom is -0.480 e. The molecule has 0 heterocycles. The maximum atomic E-state index is 11.3. The average Bonchev–Trinajstić information content (AvgIpc) is 2.47. The lowest BCUT2D eigenvalue weighted by Gasteiger charge is -2.10. The second-order valence-corrected chi connectivity index (χ2v) is 6.25. The zero-order valence-electron chi connectivity index (χ0n) is 12.7. The Balaban J connectivity index is 2.71. The van der Waals surface area contributed by atoms with Crippen molar-refractivity contribution in [1.82, 2.24) is 10.7 Å². The highest BCUT2D eigenvalue weighted by atomic mass is 79.9. The average molecular weight is 467 g/mol. The van der Waals surface area contributed by atoms with Gasteiger partial charge in [-0.1, -0.05) is 0 Å². The van der Waals surface area contributed by atoms with Crippen LogP contribution in [0, 0.1) is 0 Å². The van der Waals surface area contributed by atoms with E-state index in [0.29, 0.717) is 26.4 Å². The second-order valence-electron chi connectivity index (χ2n) is 4.14. The first-order valence-electron chi connectivity index (χ1n) is 6.82. The summed E-state index contributed by atoms with van der Waals surface area (Å²) < 4.78 is 11.6. The Bertz CT molecular complexity index is 574. The molecule has 0 saturated carbocycles. The minimum absolute atomic E-state index is 0.156. The summed E-state index contributed by atoms with van der Waals surface area (Å²) in [6.07, 6.45) is 1.62. The fraction of sp³-hybridized carbons (Fsp3) is 0.357. The summed E-state index contributed by atoms with van der Waals surface area (Å²) in [5, 5.41) is 7.42. The molecule has 0 aliphatic carbocycles. The Morgan fingerprint density at radius 2 is 2.00 bits per heavy atom. The molecule has 1 aromatic rings. The molecule has 1 aromatic carbocycles. The Hall–Kier alpha value is -1.19. The Morgan fingerprint density at radius 1 is 1.35 bits per heavy atom. The number of esters is 1. The lowest BCUT2D eigenvalue weighted by Crippen LogP contribution is -2.31. The van der Waals surface area contributed by atoms with Crippen LogP contribution >= 0.6 is 44.1 Å². The second kappa shape index (κ2) is 10.6. The van der Waals surface area contributed by atoms with E-state index >= 15 is 0 Å². The van der Waals surface area contributed by atoms with Crippen molar-refractivity contribution in [2.75, 3.05) is 19.8 Å². The molecular formula is C14H17Br2N3O3S.